The first-order valence-corrected chi connectivity index (χ1v) is 16.1. The van der Waals surface area contributed by atoms with Gasteiger partial charge in [-0.25, -0.2) is 13.4 Å². The number of thiophene rings is 1. The molecule has 1 saturated heterocycles. The fraction of sp³-hybridized carbons (Fsp3) is 0.519. The predicted octanol–water partition coefficient (Wildman–Crippen LogP) is 2.63. The van der Waals surface area contributed by atoms with Gasteiger partial charge in [-0.3, -0.25) is 9.59 Å². The van der Waals surface area contributed by atoms with Crippen molar-refractivity contribution < 1.29 is 22.4 Å². The molecule has 222 valence electrons. The number of fused-ring (bicyclic) bond motifs is 2. The molecule has 0 bridgehead atoms. The highest BCUT2D eigenvalue weighted by Gasteiger charge is 2.41. The van der Waals surface area contributed by atoms with Crippen molar-refractivity contribution >= 4 is 54.9 Å². The molecule has 2 unspecified atom stereocenters. The average molecular weight is 623 g/mol. The number of carbonyl (C=O) groups excluding carboxylic acids is 2. The summed E-state index contributed by atoms with van der Waals surface area (Å²) in [6, 6.07) is 4.92. The molecular weight excluding hydrogens is 588 g/mol. The highest BCUT2D eigenvalue weighted by Crippen LogP contribution is 2.39. The summed E-state index contributed by atoms with van der Waals surface area (Å²) in [7, 11) is 3.10. The van der Waals surface area contributed by atoms with Crippen molar-refractivity contribution in [3.63, 3.8) is 0 Å². The van der Waals surface area contributed by atoms with Gasteiger partial charge in [-0.1, -0.05) is 17.7 Å². The maximum Gasteiger partial charge on any atom is 0.310 e. The summed E-state index contributed by atoms with van der Waals surface area (Å²) in [6.45, 7) is 3.11. The van der Waals surface area contributed by atoms with Crippen LogP contribution in [-0.4, -0.2) is 104 Å². The Morgan fingerprint density at radius 2 is 1.98 bits per heavy atom. The third-order valence-corrected chi connectivity index (χ3v) is 11.3. The number of carbonyl (C=O) groups is 2. The van der Waals surface area contributed by atoms with Crippen LogP contribution in [0.5, 0.6) is 0 Å². The Bertz CT molecular complexity index is 1580. The number of nitrogens with one attached hydrogen (secondary N) is 1. The smallest absolute Gasteiger partial charge is 0.310 e. The second-order valence-corrected chi connectivity index (χ2v) is 14.8. The molecule has 11 nitrogen and oxygen atoms in total. The van der Waals surface area contributed by atoms with E-state index in [1.807, 2.05) is 32.0 Å². The van der Waals surface area contributed by atoms with E-state index in [-0.39, 0.29) is 48.1 Å². The Balaban J connectivity index is 1.46. The Morgan fingerprint density at radius 1 is 1.22 bits per heavy atom. The molecule has 0 radical (unpaired) electrons. The van der Waals surface area contributed by atoms with Gasteiger partial charge in [0.05, 0.1) is 18.3 Å². The van der Waals surface area contributed by atoms with E-state index in [1.54, 1.807) is 26.2 Å². The van der Waals surface area contributed by atoms with Crippen LogP contribution in [0.25, 0.3) is 10.1 Å². The van der Waals surface area contributed by atoms with Gasteiger partial charge in [-0.15, -0.1) is 11.3 Å². The number of aromatic nitrogens is 1. The monoisotopic (exact) mass is 622 g/mol. The second kappa shape index (κ2) is 11.6. The first-order valence-electron chi connectivity index (χ1n) is 13.4. The van der Waals surface area contributed by atoms with Crippen molar-refractivity contribution in [1.82, 2.24) is 29.3 Å². The Hall–Kier alpha value is -2.55. The maximum absolute atomic E-state index is 14.2. The van der Waals surface area contributed by atoms with Crippen LogP contribution in [0, 0.1) is 0 Å². The zero-order valence-corrected chi connectivity index (χ0v) is 26.2. The molecule has 1 aromatic carbocycles. The molecule has 0 aliphatic carbocycles. The van der Waals surface area contributed by atoms with Gasteiger partial charge in [-0.2, -0.15) is 4.31 Å². The van der Waals surface area contributed by atoms with E-state index in [1.165, 1.54) is 25.4 Å². The molecule has 41 heavy (non-hydrogen) atoms. The first kappa shape index (κ1) is 29.9. The molecular formula is C27H35ClN6O5S2. The number of sulfonamides is 1. The lowest BCUT2D eigenvalue weighted by molar-refractivity contribution is -0.130. The molecule has 4 heterocycles. The van der Waals surface area contributed by atoms with Crippen molar-refractivity contribution in [3.05, 3.63) is 46.1 Å². The number of nitrogens with zero attached hydrogens (tertiary/aromatic N) is 5. The highest BCUT2D eigenvalue weighted by atomic mass is 35.5. The number of rotatable bonds is 7. The van der Waals surface area contributed by atoms with Crippen molar-refractivity contribution in [1.29, 1.82) is 0 Å². The Kier molecular flexibility index (Phi) is 8.48. The molecule has 2 aliphatic rings. The molecule has 5 rings (SSSR count). The van der Waals surface area contributed by atoms with Crippen LogP contribution in [0.1, 0.15) is 41.0 Å². The minimum Gasteiger partial charge on any atom is -0.436 e. The molecule has 1 fully saturated rings. The summed E-state index contributed by atoms with van der Waals surface area (Å²) in [6.07, 6.45) is 0.618. The SMILES string of the molecule is CC1Cc2nc(C(=O)N3CCN(S(=O)(=O)c4sc5cc(Cl)ccc5c4CN(C)C)CC3CC(=O)N(C)C)oc2CN1. The fourth-order valence-corrected chi connectivity index (χ4v) is 8.93. The Morgan fingerprint density at radius 3 is 2.68 bits per heavy atom. The van der Waals surface area contributed by atoms with Crippen molar-refractivity contribution in [2.45, 2.75) is 49.1 Å². The fourth-order valence-electron chi connectivity index (χ4n) is 5.29. The van der Waals surface area contributed by atoms with Crippen LogP contribution < -0.4 is 5.32 Å². The number of oxazole rings is 1. The van der Waals surface area contributed by atoms with E-state index in [9.17, 15) is 18.0 Å². The van der Waals surface area contributed by atoms with Gasteiger partial charge in [0, 0.05) is 74.4 Å². The van der Waals surface area contributed by atoms with Crippen molar-refractivity contribution in [2.24, 2.45) is 0 Å². The zero-order chi connectivity index (χ0) is 29.6. The van der Waals surface area contributed by atoms with Crippen LogP contribution in [0.4, 0.5) is 0 Å². The lowest BCUT2D eigenvalue weighted by atomic mass is 10.1. The minimum atomic E-state index is -3.95. The Labute approximate surface area is 249 Å². The maximum atomic E-state index is 14.2. The number of amides is 2. The van der Waals surface area contributed by atoms with E-state index in [4.69, 9.17) is 16.0 Å². The summed E-state index contributed by atoms with van der Waals surface area (Å²) in [5, 5.41) is 4.67. The van der Waals surface area contributed by atoms with Gasteiger partial charge >= 0.3 is 5.91 Å². The molecule has 2 aliphatic heterocycles. The number of piperazine rings is 1. The van der Waals surface area contributed by atoms with Gasteiger partial charge in [0.2, 0.25) is 5.91 Å². The van der Waals surface area contributed by atoms with Gasteiger partial charge in [-0.05, 0) is 38.5 Å². The number of benzene rings is 1. The van der Waals surface area contributed by atoms with E-state index >= 15 is 0 Å². The van der Waals surface area contributed by atoms with E-state index in [0.717, 1.165) is 15.8 Å². The topological polar surface area (TPSA) is 119 Å². The van der Waals surface area contributed by atoms with Crippen LogP contribution >= 0.6 is 22.9 Å². The summed E-state index contributed by atoms with van der Waals surface area (Å²) in [5.74, 6) is -0.0435. The number of hydrogen-bond acceptors (Lipinski definition) is 9. The standard InChI is InChI=1S/C27H35ClN6O5S2/c1-16-10-21-22(13-29-16)39-25(30-21)26(36)34-9-8-33(14-18(34)12-24(35)32(4)5)41(37,38)27-20(15-31(2)3)19-7-6-17(28)11-23(19)40-27/h6-7,11,16,18,29H,8-10,12-15H2,1-5H3. The quantitative estimate of drug-likeness (QED) is 0.427. The van der Waals surface area contributed by atoms with Crippen molar-refractivity contribution in [2.75, 3.05) is 47.8 Å². The lowest BCUT2D eigenvalue weighted by Crippen LogP contribution is -2.57. The minimum absolute atomic E-state index is 0.0247. The largest absolute Gasteiger partial charge is 0.436 e. The molecule has 0 spiro atoms. The molecule has 1 N–H and O–H groups in total. The second-order valence-electron chi connectivity index (χ2n) is 11.1. The molecule has 2 aromatic heterocycles. The van der Waals surface area contributed by atoms with Gasteiger partial charge in [0.25, 0.3) is 15.9 Å². The predicted molar refractivity (Wildman–Crippen MR) is 158 cm³/mol. The van der Waals surface area contributed by atoms with Crippen LogP contribution in [0.2, 0.25) is 5.02 Å². The zero-order valence-electron chi connectivity index (χ0n) is 23.8. The van der Waals surface area contributed by atoms with E-state index < -0.39 is 22.0 Å². The third kappa shape index (κ3) is 6.02. The van der Waals surface area contributed by atoms with E-state index in [2.05, 4.69) is 10.3 Å². The number of hydrogen-bond donors (Lipinski definition) is 1. The lowest BCUT2D eigenvalue weighted by Gasteiger charge is -2.40. The average Bonchev–Trinajstić information content (AvgIpc) is 3.49. The van der Waals surface area contributed by atoms with E-state index in [0.29, 0.717) is 35.9 Å². The molecule has 2 amide bonds. The van der Waals surface area contributed by atoms with Crippen LogP contribution in [-0.2, 0) is 34.3 Å². The van der Waals surface area contributed by atoms with Crippen LogP contribution in [0.3, 0.4) is 0 Å². The summed E-state index contributed by atoms with van der Waals surface area (Å²) < 4.78 is 36.6. The summed E-state index contributed by atoms with van der Waals surface area (Å²) in [4.78, 5) is 35.8. The molecule has 3 aromatic rings. The third-order valence-electron chi connectivity index (χ3n) is 7.45. The summed E-state index contributed by atoms with van der Waals surface area (Å²) in [5.41, 5.74) is 1.46. The molecule has 0 saturated carbocycles. The number of halogens is 1. The van der Waals surface area contributed by atoms with Gasteiger partial charge in [0.1, 0.15) is 9.97 Å². The highest BCUT2D eigenvalue weighted by molar-refractivity contribution is 7.91. The first-order chi connectivity index (χ1) is 19.3. The molecule has 2 atom stereocenters. The normalized spacial score (nSPS) is 20.0. The van der Waals surface area contributed by atoms with Gasteiger partial charge in [0.15, 0.2) is 0 Å². The molecule has 14 heteroatoms. The van der Waals surface area contributed by atoms with Crippen molar-refractivity contribution in [3.8, 4) is 0 Å². The van der Waals surface area contributed by atoms with Crippen LogP contribution in [0.15, 0.2) is 26.8 Å². The van der Waals surface area contributed by atoms with Gasteiger partial charge < -0.3 is 24.4 Å². The summed E-state index contributed by atoms with van der Waals surface area (Å²) >= 11 is 7.42.